The third-order valence-corrected chi connectivity index (χ3v) is 5.55. The number of likely N-dealkylation sites (N-methyl/N-ethyl adjacent to an activating group) is 1. The van der Waals surface area contributed by atoms with Crippen LogP contribution in [-0.2, 0) is 9.59 Å². The van der Waals surface area contributed by atoms with E-state index in [0.29, 0.717) is 22.3 Å². The molecule has 0 radical (unpaired) electrons. The van der Waals surface area contributed by atoms with E-state index < -0.39 is 0 Å². The maximum atomic E-state index is 12.6. The second kappa shape index (κ2) is 10.3. The lowest BCUT2D eigenvalue weighted by Gasteiger charge is -2.37. The molecule has 1 N–H and O–H groups in total. The van der Waals surface area contributed by atoms with Gasteiger partial charge in [0.25, 0.3) is 0 Å². The van der Waals surface area contributed by atoms with Crippen LogP contribution in [0.25, 0.3) is 0 Å². The third-order valence-electron chi connectivity index (χ3n) is 5.00. The molecule has 0 bridgehead atoms. The van der Waals surface area contributed by atoms with E-state index in [-0.39, 0.29) is 17.9 Å². The first-order chi connectivity index (χ1) is 12.8. The summed E-state index contributed by atoms with van der Waals surface area (Å²) in [4.78, 5) is 30.9. The monoisotopic (exact) mass is 414 g/mol. The van der Waals surface area contributed by atoms with Gasteiger partial charge in [0, 0.05) is 44.3 Å². The molecule has 1 fully saturated rings. The van der Waals surface area contributed by atoms with E-state index in [9.17, 15) is 9.59 Å². The topological polar surface area (TPSA) is 55.9 Å². The molecule has 0 aliphatic carbocycles. The molecule has 8 heteroatoms. The van der Waals surface area contributed by atoms with Gasteiger partial charge in [-0.25, -0.2) is 0 Å². The Morgan fingerprint density at radius 3 is 2.33 bits per heavy atom. The Morgan fingerprint density at radius 1 is 1.15 bits per heavy atom. The maximum absolute atomic E-state index is 12.6. The molecule has 1 unspecified atom stereocenters. The van der Waals surface area contributed by atoms with Crippen LogP contribution in [0.1, 0.15) is 20.8 Å². The van der Waals surface area contributed by atoms with Gasteiger partial charge in [-0.05, 0) is 39.0 Å². The summed E-state index contributed by atoms with van der Waals surface area (Å²) in [6.07, 6.45) is 0. The van der Waals surface area contributed by atoms with Crippen molar-refractivity contribution in [3.05, 3.63) is 28.2 Å². The Bertz CT molecular complexity index is 659. The summed E-state index contributed by atoms with van der Waals surface area (Å²) < 4.78 is 0. The van der Waals surface area contributed by atoms with Crippen LogP contribution in [-0.4, -0.2) is 78.4 Å². The number of benzene rings is 1. The predicted molar refractivity (Wildman–Crippen MR) is 110 cm³/mol. The van der Waals surface area contributed by atoms with Gasteiger partial charge in [-0.15, -0.1) is 0 Å². The maximum Gasteiger partial charge on any atom is 0.241 e. The van der Waals surface area contributed by atoms with Gasteiger partial charge in [0.15, 0.2) is 0 Å². The molecule has 1 aromatic carbocycles. The molecule has 1 aliphatic rings. The third kappa shape index (κ3) is 6.07. The van der Waals surface area contributed by atoms with Gasteiger partial charge in [-0.1, -0.05) is 23.2 Å². The largest absolute Gasteiger partial charge is 0.342 e. The molecular weight excluding hydrogens is 387 g/mol. The van der Waals surface area contributed by atoms with E-state index in [0.717, 1.165) is 39.3 Å². The number of nitrogens with zero attached hydrogens (tertiary/aromatic N) is 3. The smallest absolute Gasteiger partial charge is 0.241 e. The SMILES string of the molecule is CCN(CC)C(=O)CN1CCN(C(C)C(=O)Nc2ccc(Cl)cc2Cl)CC1. The second-order valence-electron chi connectivity index (χ2n) is 6.67. The Morgan fingerprint density at radius 2 is 1.78 bits per heavy atom. The van der Waals surface area contributed by atoms with E-state index in [1.165, 1.54) is 0 Å². The quantitative estimate of drug-likeness (QED) is 0.744. The molecule has 1 saturated heterocycles. The minimum Gasteiger partial charge on any atom is -0.342 e. The van der Waals surface area contributed by atoms with Gasteiger partial charge in [-0.2, -0.15) is 0 Å². The lowest BCUT2D eigenvalue weighted by molar-refractivity contribution is -0.133. The summed E-state index contributed by atoms with van der Waals surface area (Å²) in [5.41, 5.74) is 0.557. The van der Waals surface area contributed by atoms with Crippen LogP contribution in [0.3, 0.4) is 0 Å². The molecule has 1 heterocycles. The fraction of sp³-hybridized carbons (Fsp3) is 0.579. The Labute approximate surface area is 171 Å². The van der Waals surface area contributed by atoms with Gasteiger partial charge < -0.3 is 10.2 Å². The van der Waals surface area contributed by atoms with Crippen LogP contribution < -0.4 is 5.32 Å². The van der Waals surface area contributed by atoms with Crippen molar-refractivity contribution in [3.8, 4) is 0 Å². The van der Waals surface area contributed by atoms with Crippen LogP contribution in [0.2, 0.25) is 10.0 Å². The molecule has 0 aromatic heterocycles. The zero-order valence-electron chi connectivity index (χ0n) is 16.2. The minimum atomic E-state index is -0.280. The lowest BCUT2D eigenvalue weighted by Crippen LogP contribution is -2.54. The van der Waals surface area contributed by atoms with Crippen molar-refractivity contribution >= 4 is 40.7 Å². The first-order valence-electron chi connectivity index (χ1n) is 9.35. The van der Waals surface area contributed by atoms with Crippen LogP contribution in [0.15, 0.2) is 18.2 Å². The highest BCUT2D eigenvalue weighted by Crippen LogP contribution is 2.25. The number of halogens is 2. The molecule has 6 nitrogen and oxygen atoms in total. The fourth-order valence-corrected chi connectivity index (χ4v) is 3.63. The summed E-state index contributed by atoms with van der Waals surface area (Å²) in [6.45, 7) is 10.8. The van der Waals surface area contributed by atoms with Crippen molar-refractivity contribution < 1.29 is 9.59 Å². The van der Waals surface area contributed by atoms with E-state index in [4.69, 9.17) is 23.2 Å². The van der Waals surface area contributed by atoms with Gasteiger partial charge >= 0.3 is 0 Å². The predicted octanol–water partition coefficient (Wildman–Crippen LogP) is 2.81. The standard InChI is InChI=1S/C19H28Cl2N4O2/c1-4-24(5-2)18(26)13-23-8-10-25(11-9-23)14(3)19(27)22-17-7-6-15(20)12-16(17)21/h6-7,12,14H,4-5,8-11,13H2,1-3H3,(H,22,27). The van der Waals surface area contributed by atoms with Crippen molar-refractivity contribution in [2.24, 2.45) is 0 Å². The first-order valence-corrected chi connectivity index (χ1v) is 10.1. The van der Waals surface area contributed by atoms with Gasteiger partial charge in [0.1, 0.15) is 0 Å². The van der Waals surface area contributed by atoms with Gasteiger partial charge in [0.05, 0.1) is 23.3 Å². The Balaban J connectivity index is 1.84. The van der Waals surface area contributed by atoms with Gasteiger partial charge in [0.2, 0.25) is 11.8 Å². The molecule has 1 aliphatic heterocycles. The average Bonchev–Trinajstić information content (AvgIpc) is 2.65. The van der Waals surface area contributed by atoms with E-state index in [2.05, 4.69) is 15.1 Å². The number of hydrogen-bond acceptors (Lipinski definition) is 4. The number of carbonyl (C=O) groups excluding carboxylic acids is 2. The van der Waals surface area contributed by atoms with Crippen molar-refractivity contribution in [1.82, 2.24) is 14.7 Å². The molecule has 27 heavy (non-hydrogen) atoms. The first kappa shape index (κ1) is 22.0. The lowest BCUT2D eigenvalue weighted by atomic mass is 10.2. The summed E-state index contributed by atoms with van der Waals surface area (Å²) in [5, 5.41) is 3.81. The molecule has 1 atom stereocenters. The van der Waals surface area contributed by atoms with Crippen LogP contribution in [0.5, 0.6) is 0 Å². The van der Waals surface area contributed by atoms with Crippen molar-refractivity contribution in [2.45, 2.75) is 26.8 Å². The summed E-state index contributed by atoms with van der Waals surface area (Å²) in [7, 11) is 0. The van der Waals surface area contributed by atoms with E-state index >= 15 is 0 Å². The number of rotatable bonds is 7. The molecule has 2 amide bonds. The number of hydrogen-bond donors (Lipinski definition) is 1. The number of nitrogens with one attached hydrogen (secondary N) is 1. The summed E-state index contributed by atoms with van der Waals surface area (Å²) >= 11 is 12.0. The molecule has 0 saturated carbocycles. The molecule has 1 aromatic rings. The van der Waals surface area contributed by atoms with Crippen molar-refractivity contribution in [1.29, 1.82) is 0 Å². The van der Waals surface area contributed by atoms with Gasteiger partial charge in [-0.3, -0.25) is 19.4 Å². The number of amides is 2. The molecule has 0 spiro atoms. The average molecular weight is 415 g/mol. The van der Waals surface area contributed by atoms with Crippen LogP contribution in [0.4, 0.5) is 5.69 Å². The van der Waals surface area contributed by atoms with Crippen LogP contribution in [0, 0.1) is 0 Å². The highest BCUT2D eigenvalue weighted by Gasteiger charge is 2.27. The van der Waals surface area contributed by atoms with Crippen molar-refractivity contribution in [2.75, 3.05) is 51.1 Å². The summed E-state index contributed by atoms with van der Waals surface area (Å²) in [5.74, 6) is 0.0588. The highest BCUT2D eigenvalue weighted by molar-refractivity contribution is 6.36. The minimum absolute atomic E-state index is 0.105. The number of carbonyl (C=O) groups is 2. The van der Waals surface area contributed by atoms with Crippen LogP contribution >= 0.6 is 23.2 Å². The molecule has 150 valence electrons. The number of anilines is 1. The van der Waals surface area contributed by atoms with E-state index in [1.807, 2.05) is 25.7 Å². The Kier molecular flexibility index (Phi) is 8.35. The summed E-state index contributed by atoms with van der Waals surface area (Å²) in [6, 6.07) is 4.72. The zero-order chi connectivity index (χ0) is 20.0. The normalized spacial score (nSPS) is 16.8. The molecule has 2 rings (SSSR count). The highest BCUT2D eigenvalue weighted by atomic mass is 35.5. The number of piperazine rings is 1. The van der Waals surface area contributed by atoms with E-state index in [1.54, 1.807) is 18.2 Å². The Hall–Kier alpha value is -1.34. The fourth-order valence-electron chi connectivity index (χ4n) is 3.17. The van der Waals surface area contributed by atoms with Crippen molar-refractivity contribution in [3.63, 3.8) is 0 Å². The zero-order valence-corrected chi connectivity index (χ0v) is 17.7. The molecular formula is C19H28Cl2N4O2. The second-order valence-corrected chi connectivity index (χ2v) is 7.51.